The summed E-state index contributed by atoms with van der Waals surface area (Å²) < 4.78 is 1.62. The van der Waals surface area contributed by atoms with Gasteiger partial charge in [0.1, 0.15) is 0 Å². The number of nitrogens with zero attached hydrogens (tertiary/aromatic N) is 3. The largest absolute Gasteiger partial charge is 0.315 e. The van der Waals surface area contributed by atoms with Crippen LogP contribution >= 0.6 is 11.8 Å². The van der Waals surface area contributed by atoms with Crippen LogP contribution in [0.25, 0.3) is 16.6 Å². The molecular weight excluding hydrogens is 418 g/mol. The molecule has 0 fully saturated rings. The molecule has 32 heavy (non-hydrogen) atoms. The van der Waals surface area contributed by atoms with Crippen molar-refractivity contribution in [3.05, 3.63) is 94.3 Å². The molecule has 1 atom stereocenters. The quantitative estimate of drug-likeness (QED) is 0.316. The lowest BCUT2D eigenvalue weighted by Crippen LogP contribution is -2.33. The summed E-state index contributed by atoms with van der Waals surface area (Å²) in [5.41, 5.74) is 4.29. The van der Waals surface area contributed by atoms with E-state index in [1.165, 1.54) is 11.8 Å². The van der Waals surface area contributed by atoms with Crippen LogP contribution in [0.3, 0.4) is 0 Å². The number of fused-ring (bicyclic) bond motifs is 1. The monoisotopic (exact) mass is 443 g/mol. The number of hydrogen-bond donors (Lipinski definition) is 0. The standard InChI is InChI=1S/C26H25N3O2S/c1-17-14-15-21(16-18(17)2)29-25(31)22-12-8-9-13-23(22)27-26(29)32-19(3)24(30)28(4)20-10-6-5-7-11-20/h5-16,19H,1-4H3/t19-/m0/s1. The van der Waals surface area contributed by atoms with E-state index in [0.717, 1.165) is 22.5 Å². The van der Waals surface area contributed by atoms with E-state index in [-0.39, 0.29) is 11.5 Å². The first-order valence-electron chi connectivity index (χ1n) is 10.5. The SMILES string of the molecule is Cc1ccc(-n2c(S[C@@H](C)C(=O)N(C)c3ccccc3)nc3ccccc3c2=O)cc1C. The third-order valence-corrected chi connectivity index (χ3v) is 6.64. The van der Waals surface area contributed by atoms with Crippen LogP contribution in [0.2, 0.25) is 0 Å². The first-order chi connectivity index (χ1) is 15.4. The van der Waals surface area contributed by atoms with Crippen LogP contribution in [0, 0.1) is 13.8 Å². The van der Waals surface area contributed by atoms with Crippen LogP contribution in [0.15, 0.2) is 82.7 Å². The highest BCUT2D eigenvalue weighted by atomic mass is 32.2. The van der Waals surface area contributed by atoms with Crippen molar-refractivity contribution in [3.63, 3.8) is 0 Å². The van der Waals surface area contributed by atoms with Crippen LogP contribution in [0.1, 0.15) is 18.1 Å². The van der Waals surface area contributed by atoms with Crippen LogP contribution in [0.5, 0.6) is 0 Å². The van der Waals surface area contributed by atoms with E-state index in [1.54, 1.807) is 22.6 Å². The first kappa shape index (κ1) is 21.8. The summed E-state index contributed by atoms with van der Waals surface area (Å²) in [6.45, 7) is 5.90. The molecule has 1 heterocycles. The van der Waals surface area contributed by atoms with Crippen molar-refractivity contribution >= 4 is 34.3 Å². The summed E-state index contributed by atoms with van der Waals surface area (Å²) in [5, 5.41) is 0.612. The van der Waals surface area contributed by atoms with Crippen LogP contribution in [-0.4, -0.2) is 27.8 Å². The number of hydrogen-bond acceptors (Lipinski definition) is 4. The second-order valence-electron chi connectivity index (χ2n) is 7.81. The van der Waals surface area contributed by atoms with E-state index in [9.17, 15) is 9.59 Å². The predicted molar refractivity (Wildman–Crippen MR) is 132 cm³/mol. The Morgan fingerprint density at radius 1 is 0.969 bits per heavy atom. The van der Waals surface area contributed by atoms with Gasteiger partial charge in [0, 0.05) is 12.7 Å². The van der Waals surface area contributed by atoms with Crippen molar-refractivity contribution in [3.8, 4) is 5.69 Å². The van der Waals surface area contributed by atoms with E-state index in [1.807, 2.05) is 87.5 Å². The van der Waals surface area contributed by atoms with E-state index >= 15 is 0 Å². The molecular formula is C26H25N3O2S. The van der Waals surface area contributed by atoms with Crippen molar-refractivity contribution in [1.29, 1.82) is 0 Å². The summed E-state index contributed by atoms with van der Waals surface area (Å²) in [4.78, 5) is 33.0. The van der Waals surface area contributed by atoms with Gasteiger partial charge >= 0.3 is 0 Å². The number of benzene rings is 3. The number of para-hydroxylation sites is 2. The Bertz CT molecular complexity index is 1350. The molecule has 0 aliphatic carbocycles. The molecule has 3 aromatic carbocycles. The second kappa shape index (κ2) is 9.01. The first-order valence-corrected chi connectivity index (χ1v) is 11.3. The molecule has 4 rings (SSSR count). The highest BCUT2D eigenvalue weighted by Crippen LogP contribution is 2.27. The third kappa shape index (κ3) is 4.18. The Kier molecular flexibility index (Phi) is 6.15. The lowest BCUT2D eigenvalue weighted by atomic mass is 10.1. The average molecular weight is 444 g/mol. The average Bonchev–Trinajstić information content (AvgIpc) is 2.81. The maximum atomic E-state index is 13.5. The highest BCUT2D eigenvalue weighted by Gasteiger charge is 2.23. The van der Waals surface area contributed by atoms with Gasteiger partial charge in [0.2, 0.25) is 5.91 Å². The molecule has 0 N–H and O–H groups in total. The molecule has 0 saturated carbocycles. The fourth-order valence-electron chi connectivity index (χ4n) is 3.54. The molecule has 0 bridgehead atoms. The lowest BCUT2D eigenvalue weighted by molar-refractivity contribution is -0.117. The Morgan fingerprint density at radius 3 is 2.38 bits per heavy atom. The fraction of sp³-hybridized carbons (Fsp3) is 0.192. The topological polar surface area (TPSA) is 55.2 Å². The van der Waals surface area contributed by atoms with Crippen molar-refractivity contribution in [1.82, 2.24) is 9.55 Å². The van der Waals surface area contributed by atoms with Crippen molar-refractivity contribution in [2.45, 2.75) is 31.2 Å². The Morgan fingerprint density at radius 2 is 1.66 bits per heavy atom. The lowest BCUT2D eigenvalue weighted by Gasteiger charge is -2.22. The predicted octanol–water partition coefficient (Wildman–Crippen LogP) is 5.15. The maximum Gasteiger partial charge on any atom is 0.266 e. The Balaban J connectivity index is 1.78. The third-order valence-electron chi connectivity index (χ3n) is 5.60. The Hall–Kier alpha value is -3.38. The van der Waals surface area contributed by atoms with E-state index in [0.29, 0.717) is 16.1 Å². The summed E-state index contributed by atoms with van der Waals surface area (Å²) in [6.07, 6.45) is 0. The number of carbonyl (C=O) groups is 1. The van der Waals surface area contributed by atoms with Gasteiger partial charge in [-0.25, -0.2) is 4.98 Å². The normalized spacial score (nSPS) is 12.0. The zero-order valence-electron chi connectivity index (χ0n) is 18.6. The molecule has 0 aliphatic heterocycles. The molecule has 0 radical (unpaired) electrons. The maximum absolute atomic E-state index is 13.5. The van der Waals surface area contributed by atoms with Crippen molar-refractivity contribution < 1.29 is 4.79 Å². The minimum Gasteiger partial charge on any atom is -0.315 e. The zero-order chi connectivity index (χ0) is 22.8. The number of aryl methyl sites for hydroxylation is 2. The Labute approximate surface area is 191 Å². The van der Waals surface area contributed by atoms with Gasteiger partial charge in [0.15, 0.2) is 5.16 Å². The second-order valence-corrected chi connectivity index (χ2v) is 9.12. The van der Waals surface area contributed by atoms with Crippen LogP contribution < -0.4 is 10.5 Å². The van der Waals surface area contributed by atoms with E-state index < -0.39 is 5.25 Å². The molecule has 1 amide bonds. The molecule has 0 aliphatic rings. The van der Waals surface area contributed by atoms with Crippen molar-refractivity contribution in [2.75, 3.05) is 11.9 Å². The van der Waals surface area contributed by atoms with Gasteiger partial charge in [0.25, 0.3) is 5.56 Å². The summed E-state index contributed by atoms with van der Waals surface area (Å²) in [7, 11) is 1.76. The molecule has 0 spiro atoms. The highest BCUT2D eigenvalue weighted by molar-refractivity contribution is 8.00. The smallest absolute Gasteiger partial charge is 0.266 e. The molecule has 5 nitrogen and oxygen atoms in total. The molecule has 1 aromatic heterocycles. The number of aromatic nitrogens is 2. The summed E-state index contributed by atoms with van der Waals surface area (Å²) in [5.74, 6) is -0.0600. The molecule has 0 unspecified atom stereocenters. The number of rotatable bonds is 5. The van der Waals surface area contributed by atoms with Gasteiger partial charge < -0.3 is 4.90 Å². The summed E-state index contributed by atoms with van der Waals surface area (Å²) in [6, 6.07) is 22.7. The van der Waals surface area contributed by atoms with Crippen LogP contribution in [0.4, 0.5) is 5.69 Å². The van der Waals surface area contributed by atoms with Crippen molar-refractivity contribution in [2.24, 2.45) is 0 Å². The molecule has 4 aromatic rings. The molecule has 6 heteroatoms. The minimum absolute atomic E-state index is 0.0600. The number of carbonyl (C=O) groups excluding carboxylic acids is 1. The number of thioether (sulfide) groups is 1. The number of amides is 1. The van der Waals surface area contributed by atoms with Gasteiger partial charge in [-0.3, -0.25) is 14.2 Å². The van der Waals surface area contributed by atoms with E-state index in [4.69, 9.17) is 4.98 Å². The van der Waals surface area contributed by atoms with E-state index in [2.05, 4.69) is 0 Å². The van der Waals surface area contributed by atoms with Gasteiger partial charge in [-0.2, -0.15) is 0 Å². The zero-order valence-corrected chi connectivity index (χ0v) is 19.4. The molecule has 162 valence electrons. The fourth-order valence-corrected chi connectivity index (χ4v) is 4.56. The minimum atomic E-state index is -0.439. The van der Waals surface area contributed by atoms with Gasteiger partial charge in [-0.1, -0.05) is 48.2 Å². The van der Waals surface area contributed by atoms with Gasteiger partial charge in [-0.05, 0) is 68.3 Å². The molecule has 0 saturated heterocycles. The number of anilines is 1. The van der Waals surface area contributed by atoms with Crippen LogP contribution in [-0.2, 0) is 4.79 Å². The summed E-state index contributed by atoms with van der Waals surface area (Å²) >= 11 is 1.30. The van der Waals surface area contributed by atoms with Gasteiger partial charge in [-0.15, -0.1) is 0 Å². The van der Waals surface area contributed by atoms with Gasteiger partial charge in [0.05, 0.1) is 21.8 Å².